The molecule has 2 aliphatic heterocycles. The van der Waals surface area contributed by atoms with E-state index in [2.05, 4.69) is 10.3 Å². The Kier molecular flexibility index (Phi) is 5.57. The van der Waals surface area contributed by atoms with E-state index in [1.165, 1.54) is 12.0 Å². The zero-order chi connectivity index (χ0) is 18.7. The maximum Gasteiger partial charge on any atom is 0.345 e. The Labute approximate surface area is 150 Å². The van der Waals surface area contributed by atoms with E-state index in [4.69, 9.17) is 14.2 Å². The van der Waals surface area contributed by atoms with Crippen LogP contribution < -0.4 is 10.2 Å². The van der Waals surface area contributed by atoms with Crippen LogP contribution >= 0.6 is 0 Å². The topological polar surface area (TPSA) is 110 Å². The Morgan fingerprint density at radius 3 is 2.85 bits per heavy atom. The Morgan fingerprint density at radius 1 is 1.31 bits per heavy atom. The van der Waals surface area contributed by atoms with Crippen molar-refractivity contribution in [2.75, 3.05) is 40.8 Å². The molecule has 2 N–H and O–H groups in total. The number of urea groups is 1. The monoisotopic (exact) mass is 367 g/mol. The summed E-state index contributed by atoms with van der Waals surface area (Å²) in [7, 11) is 2.89. The minimum atomic E-state index is -0.891. The van der Waals surface area contributed by atoms with Crippen molar-refractivity contribution in [3.8, 4) is 5.75 Å². The number of carbonyl (C=O) groups excluding carboxylic acids is 2. The van der Waals surface area contributed by atoms with Crippen LogP contribution in [0.15, 0.2) is 18.2 Å². The highest BCUT2D eigenvalue weighted by Crippen LogP contribution is 2.44. The predicted octanol–water partition coefficient (Wildman–Crippen LogP) is 0.586. The molecule has 2 atom stereocenters. The van der Waals surface area contributed by atoms with Gasteiger partial charge in [-0.3, -0.25) is 14.8 Å². The molecule has 2 aliphatic rings. The number of ether oxygens (including phenoxy) is 3. The summed E-state index contributed by atoms with van der Waals surface area (Å²) < 4.78 is 15.7. The van der Waals surface area contributed by atoms with Gasteiger partial charge in [-0.2, -0.15) is 5.06 Å². The fourth-order valence-electron chi connectivity index (χ4n) is 3.15. The van der Waals surface area contributed by atoms with Crippen molar-refractivity contribution in [1.29, 1.82) is 0 Å². The number of nitrogens with one attached hydrogen (secondary N) is 1. The van der Waals surface area contributed by atoms with Gasteiger partial charge in [-0.15, -0.1) is 0 Å². The van der Waals surface area contributed by atoms with Crippen molar-refractivity contribution in [3.05, 3.63) is 29.3 Å². The first-order chi connectivity index (χ1) is 12.6. The lowest BCUT2D eigenvalue weighted by Gasteiger charge is -2.31. The van der Waals surface area contributed by atoms with Crippen LogP contribution in [0.1, 0.15) is 23.2 Å². The number of hydrogen-bond donors (Lipinski definition) is 2. The molecule has 2 heterocycles. The molecule has 1 aromatic carbocycles. The third-order valence-electron chi connectivity index (χ3n) is 4.32. The maximum absolute atomic E-state index is 12.4. The smallest absolute Gasteiger partial charge is 0.345 e. The number of benzene rings is 1. The van der Waals surface area contributed by atoms with Gasteiger partial charge >= 0.3 is 6.03 Å². The average Bonchev–Trinajstić information content (AvgIpc) is 2.88. The first-order valence-electron chi connectivity index (χ1n) is 8.03. The molecule has 10 nitrogen and oxygen atoms in total. The maximum atomic E-state index is 12.4. The molecule has 3 amide bonds. The van der Waals surface area contributed by atoms with Crippen molar-refractivity contribution in [2.45, 2.75) is 12.1 Å². The van der Waals surface area contributed by atoms with E-state index < -0.39 is 24.0 Å². The van der Waals surface area contributed by atoms with Gasteiger partial charge in [0.2, 0.25) is 0 Å². The van der Waals surface area contributed by atoms with Crippen molar-refractivity contribution >= 4 is 11.9 Å². The summed E-state index contributed by atoms with van der Waals surface area (Å²) in [6, 6.07) is 2.99. The lowest BCUT2D eigenvalue weighted by atomic mass is 9.90. The molecule has 0 radical (unpaired) electrons. The Bertz CT molecular complexity index is 684. The largest absolute Gasteiger partial charge is 0.468 e. The number of rotatable bonds is 8. The molecule has 142 valence electrons. The van der Waals surface area contributed by atoms with Crippen LogP contribution in [0.4, 0.5) is 4.79 Å². The van der Waals surface area contributed by atoms with Crippen LogP contribution in [-0.2, 0) is 19.1 Å². The van der Waals surface area contributed by atoms with Crippen molar-refractivity contribution in [1.82, 2.24) is 15.4 Å². The van der Waals surface area contributed by atoms with E-state index in [-0.39, 0.29) is 13.3 Å². The highest BCUT2D eigenvalue weighted by atomic mass is 16.7. The van der Waals surface area contributed by atoms with E-state index in [0.717, 1.165) is 0 Å². The molecule has 1 fully saturated rings. The molecule has 0 saturated carbocycles. The third kappa shape index (κ3) is 3.31. The van der Waals surface area contributed by atoms with Crippen LogP contribution in [0, 0.1) is 0 Å². The van der Waals surface area contributed by atoms with E-state index in [1.54, 1.807) is 25.3 Å². The van der Waals surface area contributed by atoms with Gasteiger partial charge < -0.3 is 19.1 Å². The van der Waals surface area contributed by atoms with Gasteiger partial charge in [0.15, 0.2) is 6.79 Å². The highest BCUT2D eigenvalue weighted by Gasteiger charge is 2.50. The van der Waals surface area contributed by atoms with Crippen LogP contribution in [-0.4, -0.2) is 67.9 Å². The number of methoxy groups -OCH3 is 1. The minimum Gasteiger partial charge on any atom is -0.468 e. The van der Waals surface area contributed by atoms with Gasteiger partial charge in [0, 0.05) is 7.11 Å². The molecular weight excluding hydrogens is 346 g/mol. The van der Waals surface area contributed by atoms with Crippen LogP contribution in [0.3, 0.4) is 0 Å². The average molecular weight is 367 g/mol. The summed E-state index contributed by atoms with van der Waals surface area (Å²) in [6.45, 7) is 1.09. The lowest BCUT2D eigenvalue weighted by Crippen LogP contribution is -2.43. The molecule has 2 bridgehead atoms. The molecule has 0 spiro atoms. The predicted molar refractivity (Wildman–Crippen MR) is 86.1 cm³/mol. The molecule has 26 heavy (non-hydrogen) atoms. The van der Waals surface area contributed by atoms with Crippen LogP contribution in [0.25, 0.3) is 0 Å². The standard InChI is InChI=1S/C16H21N3O7/c1-23-5-6-25-9-26-10-3-4-11-12(7-10)13-8-18(16(21)19(13)22)14(11)15(20)17-24-2/h3-4,7,13-14,22H,5-6,8-9H2,1-2H3,(H,17,20). The van der Waals surface area contributed by atoms with Gasteiger partial charge in [-0.25, -0.2) is 10.3 Å². The second kappa shape index (κ2) is 7.87. The summed E-state index contributed by atoms with van der Waals surface area (Å²) in [5, 5.41) is 10.7. The number of carbonyl (C=O) groups is 2. The zero-order valence-electron chi connectivity index (χ0n) is 14.5. The number of hydrogen-bond acceptors (Lipinski definition) is 7. The van der Waals surface area contributed by atoms with Crippen molar-refractivity contribution in [3.63, 3.8) is 0 Å². The second-order valence-electron chi connectivity index (χ2n) is 5.82. The molecule has 0 aliphatic carbocycles. The molecule has 0 aromatic heterocycles. The summed E-state index contributed by atoms with van der Waals surface area (Å²) >= 11 is 0. The fraction of sp³-hybridized carbons (Fsp3) is 0.500. The fourth-order valence-corrected chi connectivity index (χ4v) is 3.15. The molecular formula is C16H21N3O7. The molecule has 3 rings (SSSR count). The number of fused-ring (bicyclic) bond motifs is 4. The number of hydroxylamine groups is 3. The minimum absolute atomic E-state index is 0.0360. The van der Waals surface area contributed by atoms with Gasteiger partial charge in [-0.1, -0.05) is 6.07 Å². The summed E-state index contributed by atoms with van der Waals surface area (Å²) in [5.41, 5.74) is 3.49. The molecule has 1 saturated heterocycles. The van der Waals surface area contributed by atoms with Crippen LogP contribution in [0.5, 0.6) is 5.75 Å². The number of amides is 3. The Morgan fingerprint density at radius 2 is 2.12 bits per heavy atom. The van der Waals surface area contributed by atoms with Crippen molar-refractivity contribution in [2.24, 2.45) is 0 Å². The Hall–Kier alpha value is -2.40. The summed E-state index contributed by atoms with van der Waals surface area (Å²) in [4.78, 5) is 30.6. The lowest BCUT2D eigenvalue weighted by molar-refractivity contribution is -0.136. The third-order valence-corrected chi connectivity index (χ3v) is 4.32. The SMILES string of the molecule is COCCOCOc1ccc2c(c1)C1CN(C(=O)N1O)C2C(=O)NOC. The normalized spacial score (nSPS) is 21.0. The Balaban J connectivity index is 1.82. The quantitative estimate of drug-likeness (QED) is 0.299. The van der Waals surface area contributed by atoms with E-state index in [1.807, 2.05) is 0 Å². The second-order valence-corrected chi connectivity index (χ2v) is 5.82. The highest BCUT2D eigenvalue weighted by molar-refractivity contribution is 5.90. The summed E-state index contributed by atoms with van der Waals surface area (Å²) in [5.74, 6) is 0.0145. The molecule has 1 aromatic rings. The molecule has 2 unspecified atom stereocenters. The summed E-state index contributed by atoms with van der Waals surface area (Å²) in [6.07, 6.45) is 0. The first-order valence-corrected chi connectivity index (χ1v) is 8.03. The van der Waals surface area contributed by atoms with E-state index >= 15 is 0 Å². The van der Waals surface area contributed by atoms with Gasteiger partial charge in [-0.05, 0) is 23.3 Å². The molecule has 10 heteroatoms. The van der Waals surface area contributed by atoms with Gasteiger partial charge in [0.05, 0.1) is 26.9 Å². The zero-order valence-corrected chi connectivity index (χ0v) is 14.5. The van der Waals surface area contributed by atoms with Gasteiger partial charge in [0.25, 0.3) is 5.91 Å². The van der Waals surface area contributed by atoms with Crippen molar-refractivity contribution < 1.29 is 33.8 Å². The van der Waals surface area contributed by atoms with Gasteiger partial charge in [0.1, 0.15) is 17.8 Å². The van der Waals surface area contributed by atoms with Crippen LogP contribution in [0.2, 0.25) is 0 Å². The van der Waals surface area contributed by atoms with E-state index in [0.29, 0.717) is 35.2 Å². The number of nitrogens with zero attached hydrogens (tertiary/aromatic N) is 2. The first kappa shape index (κ1) is 18.4. The van der Waals surface area contributed by atoms with E-state index in [9.17, 15) is 14.8 Å².